The van der Waals surface area contributed by atoms with E-state index in [1.54, 1.807) is 0 Å². The molecule has 43 heavy (non-hydrogen) atoms. The first-order valence-corrected chi connectivity index (χ1v) is 13.5. The van der Waals surface area contributed by atoms with E-state index in [0.29, 0.717) is 0 Å². The maximum Gasteiger partial charge on any atom is 0.426 e. The van der Waals surface area contributed by atoms with Gasteiger partial charge in [-0.15, -0.1) is 0 Å². The first-order valence-electron chi connectivity index (χ1n) is 13.5. The van der Waals surface area contributed by atoms with E-state index in [1.807, 2.05) is 0 Å². The first-order chi connectivity index (χ1) is 19.1. The second-order valence-electron chi connectivity index (χ2n) is 12.7. The molecule has 4 rings (SSSR count). The Hall–Kier alpha value is -1.17. The molecule has 4 aliphatic carbocycles. The number of ether oxygens (including phenoxy) is 2. The van der Waals surface area contributed by atoms with Gasteiger partial charge in [0.05, 0.1) is 6.10 Å². The highest BCUT2D eigenvalue weighted by Crippen LogP contribution is 2.69. The third kappa shape index (κ3) is 5.10. The highest BCUT2D eigenvalue weighted by molar-refractivity contribution is 5.20. The number of alkyl halides is 15. The monoisotopic (exact) mass is 662 g/mol. The molecule has 0 spiro atoms. The van der Waals surface area contributed by atoms with E-state index >= 15 is 13.2 Å². The van der Waals surface area contributed by atoms with Crippen molar-refractivity contribution in [3.05, 3.63) is 0 Å². The number of aliphatic hydroxyl groups is 1. The number of fused-ring (bicyclic) bond motifs is 4. The lowest BCUT2D eigenvalue weighted by atomic mass is 9.67. The summed E-state index contributed by atoms with van der Waals surface area (Å²) in [4.78, 5) is 0. The van der Waals surface area contributed by atoms with Crippen LogP contribution >= 0.6 is 0 Å². The number of halogens is 15. The lowest BCUT2D eigenvalue weighted by Gasteiger charge is -2.47. The van der Waals surface area contributed by atoms with Crippen molar-refractivity contribution in [2.75, 3.05) is 6.79 Å². The molecule has 252 valence electrons. The average molecular weight is 662 g/mol. The largest absolute Gasteiger partial charge is 0.426 e. The van der Waals surface area contributed by atoms with Crippen LogP contribution in [0.2, 0.25) is 0 Å². The van der Waals surface area contributed by atoms with Crippen LogP contribution in [-0.4, -0.2) is 65.5 Å². The van der Waals surface area contributed by atoms with E-state index in [-0.39, 0.29) is 19.3 Å². The molecule has 0 radical (unpaired) electrons. The molecule has 0 aromatic carbocycles. The number of hydrogen-bond acceptors (Lipinski definition) is 3. The molecule has 18 heteroatoms. The van der Waals surface area contributed by atoms with E-state index in [0.717, 1.165) is 0 Å². The molecule has 9 atom stereocenters. The maximum atomic E-state index is 15.9. The molecular weight excluding hydrogens is 633 g/mol. The Morgan fingerprint density at radius 2 is 1.21 bits per heavy atom. The number of hydrogen-bond donors (Lipinski definition) is 1. The second kappa shape index (κ2) is 10.2. The molecule has 3 nitrogen and oxygen atoms in total. The molecule has 9 unspecified atom stereocenters. The minimum absolute atomic E-state index is 0.0935. The van der Waals surface area contributed by atoms with Crippen LogP contribution < -0.4 is 0 Å². The minimum Gasteiger partial charge on any atom is -0.374 e. The standard InChI is InChI=1S/C25H29F15O3/c1-10-11(2)16-6-15(10)18(26,21(16,27)28)8-20(24(35,36)37,25(38,39)40)43-9-42-17-5-12-3-13(14(17)4-12)7-19(41,22(29,30)31)23(32,33)34/h10-17,41H,3-9H2,1-2H3. The lowest BCUT2D eigenvalue weighted by molar-refractivity contribution is -0.409. The maximum absolute atomic E-state index is 15.9. The van der Waals surface area contributed by atoms with Gasteiger partial charge in [-0.05, 0) is 61.7 Å². The van der Waals surface area contributed by atoms with Crippen molar-refractivity contribution in [2.45, 2.75) is 106 Å². The Labute approximate surface area is 235 Å². The van der Waals surface area contributed by atoms with Crippen LogP contribution in [0.4, 0.5) is 65.9 Å². The summed E-state index contributed by atoms with van der Waals surface area (Å²) in [6.07, 6.45) is -32.6. The summed E-state index contributed by atoms with van der Waals surface area (Å²) < 4.78 is 219. The van der Waals surface area contributed by atoms with Gasteiger partial charge in [0.1, 0.15) is 6.79 Å². The van der Waals surface area contributed by atoms with Gasteiger partial charge in [-0.1, -0.05) is 13.8 Å². The van der Waals surface area contributed by atoms with Gasteiger partial charge in [0.25, 0.3) is 17.1 Å². The van der Waals surface area contributed by atoms with E-state index in [9.17, 15) is 57.8 Å². The molecule has 0 aromatic heterocycles. The van der Waals surface area contributed by atoms with Gasteiger partial charge >= 0.3 is 24.7 Å². The fourth-order valence-electron chi connectivity index (χ4n) is 8.11. The first kappa shape index (κ1) is 34.7. The van der Waals surface area contributed by atoms with Crippen LogP contribution in [0.25, 0.3) is 0 Å². The van der Waals surface area contributed by atoms with Crippen LogP contribution in [0.15, 0.2) is 0 Å². The van der Waals surface area contributed by atoms with E-state index < -0.39 is 121 Å². The summed E-state index contributed by atoms with van der Waals surface area (Å²) in [6.45, 7) is 0.612. The molecule has 4 saturated carbocycles. The SMILES string of the molecule is CC1C(C)C2CC1C(F)(F)C2(F)CC(OCOC1CC2CC(CC(O)(C(F)(F)F)C(F)(F)F)C1C2)(C(F)(F)F)C(F)(F)F. The Morgan fingerprint density at radius 3 is 1.65 bits per heavy atom. The smallest absolute Gasteiger partial charge is 0.374 e. The molecule has 0 heterocycles. The number of rotatable bonds is 8. The van der Waals surface area contributed by atoms with Gasteiger partial charge < -0.3 is 14.6 Å². The van der Waals surface area contributed by atoms with Crippen molar-refractivity contribution < 1.29 is 80.4 Å². The Morgan fingerprint density at radius 1 is 0.698 bits per heavy atom. The summed E-state index contributed by atoms with van der Waals surface area (Å²) in [7, 11) is 0. The van der Waals surface area contributed by atoms with Crippen LogP contribution in [0, 0.1) is 41.4 Å². The van der Waals surface area contributed by atoms with Crippen LogP contribution in [0.3, 0.4) is 0 Å². The minimum atomic E-state index is -6.49. The van der Waals surface area contributed by atoms with Crippen LogP contribution in [0.1, 0.15) is 52.4 Å². The topological polar surface area (TPSA) is 38.7 Å². The molecule has 1 N–H and O–H groups in total. The molecule has 0 amide bonds. The fourth-order valence-corrected chi connectivity index (χ4v) is 8.11. The van der Waals surface area contributed by atoms with Gasteiger partial charge in [0.2, 0.25) is 0 Å². The Bertz CT molecular complexity index is 1010. The Balaban J connectivity index is 1.55. The van der Waals surface area contributed by atoms with Crippen molar-refractivity contribution in [3.8, 4) is 0 Å². The van der Waals surface area contributed by atoms with E-state index in [2.05, 4.69) is 4.74 Å². The second-order valence-corrected chi connectivity index (χ2v) is 12.7. The average Bonchev–Trinajstić information content (AvgIpc) is 3.51. The molecule has 4 aliphatic rings. The highest BCUT2D eigenvalue weighted by atomic mass is 19.4. The van der Waals surface area contributed by atoms with Crippen molar-refractivity contribution in [2.24, 2.45) is 41.4 Å². The highest BCUT2D eigenvalue weighted by Gasteiger charge is 2.82. The predicted molar refractivity (Wildman–Crippen MR) is 115 cm³/mol. The summed E-state index contributed by atoms with van der Waals surface area (Å²) in [5.74, 6) is -13.5. The summed E-state index contributed by atoms with van der Waals surface area (Å²) in [5, 5.41) is 9.54. The summed E-state index contributed by atoms with van der Waals surface area (Å²) in [6, 6.07) is 0. The third-order valence-electron chi connectivity index (χ3n) is 10.6. The van der Waals surface area contributed by atoms with E-state index in [1.165, 1.54) is 13.8 Å². The molecule has 0 aromatic rings. The van der Waals surface area contributed by atoms with Crippen molar-refractivity contribution >= 4 is 0 Å². The quantitative estimate of drug-likeness (QED) is 0.211. The zero-order valence-electron chi connectivity index (χ0n) is 22.5. The van der Waals surface area contributed by atoms with E-state index in [4.69, 9.17) is 4.74 Å². The van der Waals surface area contributed by atoms with Gasteiger partial charge in [-0.2, -0.15) is 52.7 Å². The van der Waals surface area contributed by atoms with Gasteiger partial charge in [-0.25, -0.2) is 13.2 Å². The molecule has 0 aliphatic heterocycles. The zero-order valence-corrected chi connectivity index (χ0v) is 22.5. The van der Waals surface area contributed by atoms with Crippen molar-refractivity contribution in [1.29, 1.82) is 0 Å². The van der Waals surface area contributed by atoms with Crippen molar-refractivity contribution in [3.63, 3.8) is 0 Å². The molecule has 0 saturated heterocycles. The van der Waals surface area contributed by atoms with Gasteiger partial charge in [-0.3, -0.25) is 0 Å². The molecular formula is C25H29F15O3. The van der Waals surface area contributed by atoms with Crippen LogP contribution in [-0.2, 0) is 9.47 Å². The lowest BCUT2D eigenvalue weighted by Crippen LogP contribution is -2.66. The van der Waals surface area contributed by atoms with Gasteiger partial charge in [0.15, 0.2) is 5.67 Å². The molecule has 4 bridgehead atoms. The third-order valence-corrected chi connectivity index (χ3v) is 10.6. The zero-order chi connectivity index (χ0) is 33.0. The van der Waals surface area contributed by atoms with Gasteiger partial charge in [0, 0.05) is 18.3 Å². The summed E-state index contributed by atoms with van der Waals surface area (Å²) >= 11 is 0. The normalized spacial score (nSPS) is 38.4. The van der Waals surface area contributed by atoms with Crippen LogP contribution in [0.5, 0.6) is 0 Å². The summed E-state index contributed by atoms with van der Waals surface area (Å²) in [5.41, 5.74) is -14.9. The Kier molecular flexibility index (Phi) is 8.20. The fraction of sp³-hybridized carbons (Fsp3) is 1.00. The van der Waals surface area contributed by atoms with Crippen molar-refractivity contribution in [1.82, 2.24) is 0 Å². The predicted octanol–water partition coefficient (Wildman–Crippen LogP) is 8.16. The molecule has 4 fully saturated rings.